The van der Waals surface area contributed by atoms with Crippen LogP contribution in [0.15, 0.2) is 70.8 Å². The molecule has 1 atom stereocenters. The molecule has 0 aliphatic rings. The van der Waals surface area contributed by atoms with Crippen molar-refractivity contribution in [2.75, 3.05) is 18.4 Å². The van der Waals surface area contributed by atoms with E-state index in [4.69, 9.17) is 23.1 Å². The number of anilines is 1. The average molecular weight is 647 g/mol. The van der Waals surface area contributed by atoms with E-state index in [2.05, 4.69) is 49.4 Å². The van der Waals surface area contributed by atoms with Gasteiger partial charge in [-0.3, -0.25) is 9.56 Å². The zero-order valence-electron chi connectivity index (χ0n) is 26.0. The summed E-state index contributed by atoms with van der Waals surface area (Å²) in [4.78, 5) is 31.7. The number of nitrogens with zero attached hydrogens (tertiary/aromatic N) is 4. The van der Waals surface area contributed by atoms with Gasteiger partial charge in [0.1, 0.15) is 5.65 Å². The van der Waals surface area contributed by atoms with Crippen LogP contribution in [0, 0.1) is 11.7 Å². The number of aromatic amines is 2. The fourth-order valence-corrected chi connectivity index (χ4v) is 5.51. The molecule has 5 aromatic rings. The number of H-pyrrole nitrogens is 2. The maximum atomic E-state index is 15.2. The van der Waals surface area contributed by atoms with Crippen molar-refractivity contribution < 1.29 is 4.39 Å². The summed E-state index contributed by atoms with van der Waals surface area (Å²) < 4.78 is 16.6. The van der Waals surface area contributed by atoms with E-state index in [-0.39, 0.29) is 17.0 Å². The minimum Gasteiger partial charge on any atom is -0.370 e. The standard InChI is InChI=1S/C33H40ClFN10O/c1-20(2)4-3-5-22-14-26(29(35)27(34)15-22)28-16-23-19-45(33(46)44-30(23)43-28)25-8-6-21(7-9-25)17-41-24(10-11-38-31(36)37)18-42-32-39-12-13-40-32/h6-9,12-16,19-20,24,41H,3-5,10-11,17-18H2,1-2H3,(H4,36,37,38)(H2,39,40,42)(H,43,44,46)/t24-/m1/s1. The third-order valence-electron chi connectivity index (χ3n) is 7.73. The minimum absolute atomic E-state index is 0.0605. The smallest absolute Gasteiger partial charge is 0.354 e. The molecule has 3 heterocycles. The van der Waals surface area contributed by atoms with E-state index in [9.17, 15) is 4.79 Å². The number of hydrogen-bond donors (Lipinski definition) is 6. The van der Waals surface area contributed by atoms with Gasteiger partial charge in [-0.25, -0.2) is 14.2 Å². The first kappa shape index (κ1) is 32.7. The van der Waals surface area contributed by atoms with Gasteiger partial charge in [-0.2, -0.15) is 4.98 Å². The van der Waals surface area contributed by atoms with Crippen LogP contribution in [-0.4, -0.2) is 49.6 Å². The quantitative estimate of drug-likeness (QED) is 0.0679. The van der Waals surface area contributed by atoms with Crippen LogP contribution in [0.2, 0.25) is 5.02 Å². The van der Waals surface area contributed by atoms with E-state index in [1.54, 1.807) is 30.7 Å². The van der Waals surface area contributed by atoms with Crippen molar-refractivity contribution >= 4 is 34.5 Å². The molecule has 0 saturated heterocycles. The summed E-state index contributed by atoms with van der Waals surface area (Å²) in [5.74, 6) is 0.834. The number of aryl methyl sites for hydroxylation is 1. The summed E-state index contributed by atoms with van der Waals surface area (Å²) in [6.45, 7) is 6.06. The lowest BCUT2D eigenvalue weighted by Gasteiger charge is -2.19. The second kappa shape index (κ2) is 15.1. The third-order valence-corrected chi connectivity index (χ3v) is 8.00. The van der Waals surface area contributed by atoms with Crippen LogP contribution in [0.1, 0.15) is 44.2 Å². The van der Waals surface area contributed by atoms with Crippen LogP contribution in [-0.2, 0) is 13.0 Å². The summed E-state index contributed by atoms with van der Waals surface area (Å²) in [5.41, 5.74) is 14.5. The minimum atomic E-state index is -0.504. The third kappa shape index (κ3) is 8.52. The molecule has 0 amide bonds. The SMILES string of the molecule is CC(C)CCCc1cc(Cl)c(F)c(-c2cc3cn(-c4ccc(CN[C@H](CCN=C(N)N)CNc5ncc[nH]5)cc4)c(=O)nc3[nH]2)c1. The van der Waals surface area contributed by atoms with Crippen LogP contribution in [0.4, 0.5) is 10.3 Å². The van der Waals surface area contributed by atoms with Crippen molar-refractivity contribution in [3.63, 3.8) is 0 Å². The van der Waals surface area contributed by atoms with Gasteiger partial charge < -0.3 is 32.1 Å². The fourth-order valence-electron chi connectivity index (χ4n) is 5.27. The van der Waals surface area contributed by atoms with E-state index in [1.165, 1.54) is 4.57 Å². The second-order valence-corrected chi connectivity index (χ2v) is 12.2. The number of aromatic nitrogens is 5. The van der Waals surface area contributed by atoms with Crippen molar-refractivity contribution in [2.45, 2.75) is 52.1 Å². The van der Waals surface area contributed by atoms with Gasteiger partial charge in [0.2, 0.25) is 0 Å². The van der Waals surface area contributed by atoms with E-state index >= 15 is 4.39 Å². The Morgan fingerprint density at radius 2 is 1.93 bits per heavy atom. The number of nitrogens with two attached hydrogens (primary N) is 2. The van der Waals surface area contributed by atoms with Crippen LogP contribution < -0.4 is 27.8 Å². The Hall–Kier alpha value is -4.68. The topological polar surface area (TPSA) is 168 Å². The van der Waals surface area contributed by atoms with Crippen LogP contribution in [0.5, 0.6) is 0 Å². The summed E-state index contributed by atoms with van der Waals surface area (Å²) >= 11 is 6.28. The van der Waals surface area contributed by atoms with Crippen LogP contribution >= 0.6 is 11.6 Å². The largest absolute Gasteiger partial charge is 0.370 e. The van der Waals surface area contributed by atoms with Crippen molar-refractivity contribution in [1.29, 1.82) is 0 Å². The van der Waals surface area contributed by atoms with Crippen molar-refractivity contribution in [1.82, 2.24) is 29.8 Å². The fraction of sp³-hybridized carbons (Fsp3) is 0.333. The number of fused-ring (bicyclic) bond motifs is 1. The Kier molecular flexibility index (Phi) is 10.7. The Balaban J connectivity index is 1.30. The number of halogens is 2. The molecule has 0 aliphatic carbocycles. The number of rotatable bonds is 15. The Morgan fingerprint density at radius 1 is 1.13 bits per heavy atom. The van der Waals surface area contributed by atoms with Gasteiger partial charge in [0.25, 0.3) is 0 Å². The first-order chi connectivity index (χ1) is 22.2. The molecule has 0 radical (unpaired) electrons. The molecule has 0 spiro atoms. The summed E-state index contributed by atoms with van der Waals surface area (Å²) in [5, 5.41) is 7.55. The Morgan fingerprint density at radius 3 is 2.65 bits per heavy atom. The van der Waals surface area contributed by atoms with Crippen molar-refractivity contribution in [3.05, 3.63) is 93.5 Å². The number of aliphatic imine (C=N–C) groups is 1. The van der Waals surface area contributed by atoms with E-state index in [0.717, 1.165) is 30.4 Å². The summed E-state index contributed by atoms with van der Waals surface area (Å²) in [6.07, 6.45) is 8.74. The van der Waals surface area contributed by atoms with Gasteiger partial charge in [-0.05, 0) is 66.6 Å². The van der Waals surface area contributed by atoms with E-state index < -0.39 is 11.5 Å². The Bertz CT molecular complexity index is 1830. The van der Waals surface area contributed by atoms with Gasteiger partial charge in [0, 0.05) is 55.2 Å². The second-order valence-electron chi connectivity index (χ2n) is 11.8. The van der Waals surface area contributed by atoms with Crippen molar-refractivity contribution in [3.8, 4) is 16.9 Å². The molecule has 0 saturated carbocycles. The van der Waals surface area contributed by atoms with Gasteiger partial charge in [0.15, 0.2) is 17.7 Å². The first-order valence-electron chi connectivity index (χ1n) is 15.4. The molecule has 5 rings (SSSR count). The predicted molar refractivity (Wildman–Crippen MR) is 183 cm³/mol. The highest BCUT2D eigenvalue weighted by molar-refractivity contribution is 6.31. The van der Waals surface area contributed by atoms with Gasteiger partial charge in [0.05, 0.1) is 16.4 Å². The summed E-state index contributed by atoms with van der Waals surface area (Å²) in [7, 11) is 0. The lowest BCUT2D eigenvalue weighted by atomic mass is 10.00. The molecule has 0 unspecified atom stereocenters. The highest BCUT2D eigenvalue weighted by atomic mass is 35.5. The zero-order chi connectivity index (χ0) is 32.6. The molecule has 0 aliphatic heterocycles. The van der Waals surface area contributed by atoms with Crippen LogP contribution in [0.25, 0.3) is 28.0 Å². The lowest BCUT2D eigenvalue weighted by Crippen LogP contribution is -2.36. The molecule has 13 heteroatoms. The molecule has 0 bridgehead atoms. The van der Waals surface area contributed by atoms with Crippen LogP contribution in [0.3, 0.4) is 0 Å². The van der Waals surface area contributed by atoms with E-state index in [1.807, 2.05) is 30.3 Å². The molecule has 0 fully saturated rings. The number of benzene rings is 2. The van der Waals surface area contributed by atoms with Gasteiger partial charge >= 0.3 is 5.69 Å². The Labute approximate surface area is 271 Å². The van der Waals surface area contributed by atoms with Gasteiger partial charge in [-0.1, -0.05) is 44.0 Å². The van der Waals surface area contributed by atoms with E-state index in [0.29, 0.717) is 65.9 Å². The summed E-state index contributed by atoms with van der Waals surface area (Å²) in [6, 6.07) is 13.0. The predicted octanol–water partition coefficient (Wildman–Crippen LogP) is 5.11. The monoisotopic (exact) mass is 646 g/mol. The highest BCUT2D eigenvalue weighted by Crippen LogP contribution is 2.31. The molecule has 8 N–H and O–H groups in total. The number of nitrogens with one attached hydrogen (secondary N) is 4. The highest BCUT2D eigenvalue weighted by Gasteiger charge is 2.16. The number of imidazole rings is 1. The normalized spacial score (nSPS) is 12.1. The molecule has 2 aromatic carbocycles. The van der Waals surface area contributed by atoms with Gasteiger partial charge in [-0.15, -0.1) is 0 Å². The lowest BCUT2D eigenvalue weighted by molar-refractivity contribution is 0.502. The number of hydrogen-bond acceptors (Lipinski definition) is 6. The molecule has 11 nitrogen and oxygen atoms in total. The average Bonchev–Trinajstić information content (AvgIpc) is 3.69. The first-order valence-corrected chi connectivity index (χ1v) is 15.8. The molecular formula is C33H40ClFN10O. The van der Waals surface area contributed by atoms with Crippen molar-refractivity contribution in [2.24, 2.45) is 22.4 Å². The maximum absolute atomic E-state index is 15.2. The number of guanidine groups is 1. The molecule has 46 heavy (non-hydrogen) atoms. The molecule has 242 valence electrons. The zero-order valence-corrected chi connectivity index (χ0v) is 26.7. The molecule has 3 aromatic heterocycles. The molecular weight excluding hydrogens is 607 g/mol. The maximum Gasteiger partial charge on any atom is 0.354 e.